The van der Waals surface area contributed by atoms with Crippen LogP contribution >= 0.6 is 0 Å². The van der Waals surface area contributed by atoms with Crippen LogP contribution in [0.1, 0.15) is 30.5 Å². The number of pyridine rings is 1. The van der Waals surface area contributed by atoms with Crippen molar-refractivity contribution in [3.8, 4) is 0 Å². The maximum Gasteiger partial charge on any atom is 0.418 e. The van der Waals surface area contributed by atoms with Crippen LogP contribution in [-0.2, 0) is 22.3 Å². The van der Waals surface area contributed by atoms with Gasteiger partial charge in [-0.05, 0) is 43.5 Å². The van der Waals surface area contributed by atoms with E-state index < -0.39 is 35.1 Å². The summed E-state index contributed by atoms with van der Waals surface area (Å²) in [6, 6.07) is 8.16. The van der Waals surface area contributed by atoms with Crippen molar-refractivity contribution in [1.82, 2.24) is 10.3 Å². The van der Waals surface area contributed by atoms with Crippen LogP contribution in [0, 0.1) is 5.41 Å². The van der Waals surface area contributed by atoms with Gasteiger partial charge in [0.25, 0.3) is 0 Å². The third-order valence-corrected chi connectivity index (χ3v) is 5.16. The topological polar surface area (TPSA) is 117 Å². The smallest absolute Gasteiger partial charge is 0.393 e. The molecule has 1 aliphatic carbocycles. The highest BCUT2D eigenvalue weighted by Gasteiger charge is 2.49. The second-order valence-corrected chi connectivity index (χ2v) is 7.23. The van der Waals surface area contributed by atoms with Crippen molar-refractivity contribution in [2.45, 2.75) is 38.1 Å². The molecule has 1 aromatic carbocycles. The lowest BCUT2D eigenvalue weighted by Gasteiger charge is -2.23. The summed E-state index contributed by atoms with van der Waals surface area (Å²) in [5.41, 5.74) is 3.83. The van der Waals surface area contributed by atoms with Gasteiger partial charge in [0.2, 0.25) is 11.8 Å². The number of nitrogens with two attached hydrogens (primary N) is 1. The molecule has 1 aromatic heterocycles. The molecular weight excluding hydrogens is 401 g/mol. The third kappa shape index (κ3) is 4.54. The quantitative estimate of drug-likeness (QED) is 0.534. The number of carbonyl (C=O) groups excluding carboxylic acids is 2. The largest absolute Gasteiger partial charge is 0.418 e. The Hall–Kier alpha value is -3.14. The molecule has 1 aliphatic rings. The fourth-order valence-corrected chi connectivity index (χ4v) is 3.50. The van der Waals surface area contributed by atoms with Crippen LogP contribution < -0.4 is 16.4 Å². The number of aliphatic hydroxyl groups excluding tert-OH is 1. The molecule has 2 atom stereocenters. The van der Waals surface area contributed by atoms with Crippen LogP contribution in [0.15, 0.2) is 42.6 Å². The van der Waals surface area contributed by atoms with Crippen molar-refractivity contribution in [3.63, 3.8) is 0 Å². The summed E-state index contributed by atoms with van der Waals surface area (Å²) >= 11 is 0. The number of aromatic nitrogens is 1. The van der Waals surface area contributed by atoms with Crippen molar-refractivity contribution in [1.29, 1.82) is 0 Å². The van der Waals surface area contributed by atoms with Gasteiger partial charge >= 0.3 is 6.18 Å². The van der Waals surface area contributed by atoms with Gasteiger partial charge < -0.3 is 21.5 Å². The molecule has 30 heavy (non-hydrogen) atoms. The number of alkyl halides is 3. The molecule has 1 fully saturated rings. The van der Waals surface area contributed by atoms with Gasteiger partial charge in [-0.2, -0.15) is 13.2 Å². The zero-order chi connectivity index (χ0) is 21.9. The standard InChI is InChI=1S/C20H21F3N4O3/c21-20(22,23)15-3-1-2-4-16(15)27-13-6-5-12(25-11-13)10-26-18(30)19(17(24)29)8-7-14(28)9-19/h1-6,11,14,27-28H,7-10H2,(H2,24,29)(H,26,30). The van der Waals surface area contributed by atoms with E-state index in [2.05, 4.69) is 15.6 Å². The van der Waals surface area contributed by atoms with Crippen LogP contribution in [0.3, 0.4) is 0 Å². The number of anilines is 2. The van der Waals surface area contributed by atoms with Crippen molar-refractivity contribution < 1.29 is 27.9 Å². The minimum atomic E-state index is -4.49. The minimum absolute atomic E-state index is 0.00335. The molecule has 2 unspecified atom stereocenters. The number of amides is 2. The molecule has 2 aromatic rings. The fourth-order valence-electron chi connectivity index (χ4n) is 3.50. The van der Waals surface area contributed by atoms with E-state index in [1.807, 2.05) is 0 Å². The van der Waals surface area contributed by atoms with Gasteiger partial charge in [0.1, 0.15) is 5.41 Å². The minimum Gasteiger partial charge on any atom is -0.393 e. The normalized spacial score (nSPS) is 21.3. The van der Waals surface area contributed by atoms with E-state index in [-0.39, 0.29) is 25.1 Å². The predicted molar refractivity (Wildman–Crippen MR) is 102 cm³/mol. The maximum atomic E-state index is 13.1. The van der Waals surface area contributed by atoms with Crippen LogP contribution in [-0.4, -0.2) is 28.0 Å². The zero-order valence-electron chi connectivity index (χ0n) is 15.9. The van der Waals surface area contributed by atoms with Gasteiger partial charge in [-0.15, -0.1) is 0 Å². The summed E-state index contributed by atoms with van der Waals surface area (Å²) in [5, 5.41) is 15.0. The van der Waals surface area contributed by atoms with Gasteiger partial charge in [-0.1, -0.05) is 12.1 Å². The van der Waals surface area contributed by atoms with Gasteiger partial charge in [0, 0.05) is 0 Å². The average Bonchev–Trinajstić information content (AvgIpc) is 3.10. The molecule has 0 spiro atoms. The lowest BCUT2D eigenvalue weighted by molar-refractivity contribution is -0.142. The molecule has 5 N–H and O–H groups in total. The highest BCUT2D eigenvalue weighted by Crippen LogP contribution is 2.38. The zero-order valence-corrected chi connectivity index (χ0v) is 15.9. The molecule has 10 heteroatoms. The van der Waals surface area contributed by atoms with Crippen LogP contribution in [0.25, 0.3) is 0 Å². The first kappa shape index (κ1) is 21.6. The van der Waals surface area contributed by atoms with Crippen LogP contribution in [0.5, 0.6) is 0 Å². The molecule has 0 radical (unpaired) electrons. The lowest BCUT2D eigenvalue weighted by Crippen LogP contribution is -2.48. The molecule has 7 nitrogen and oxygen atoms in total. The number of hydrogen-bond acceptors (Lipinski definition) is 5. The summed E-state index contributed by atoms with van der Waals surface area (Å²) in [4.78, 5) is 28.4. The first-order valence-corrected chi connectivity index (χ1v) is 9.26. The molecule has 0 aliphatic heterocycles. The Kier molecular flexibility index (Phi) is 5.97. The van der Waals surface area contributed by atoms with Crippen molar-refractivity contribution in [3.05, 3.63) is 53.9 Å². The maximum absolute atomic E-state index is 13.1. The highest BCUT2D eigenvalue weighted by molar-refractivity contribution is 6.04. The Morgan fingerprint density at radius 3 is 2.53 bits per heavy atom. The molecule has 2 amide bonds. The molecule has 0 saturated heterocycles. The Bertz CT molecular complexity index is 934. The van der Waals surface area contributed by atoms with E-state index in [0.29, 0.717) is 17.8 Å². The first-order chi connectivity index (χ1) is 14.1. The third-order valence-electron chi connectivity index (χ3n) is 5.16. The Labute approximate surface area is 170 Å². The molecule has 3 rings (SSSR count). The molecule has 0 bridgehead atoms. The first-order valence-electron chi connectivity index (χ1n) is 9.26. The number of nitrogens with zero attached hydrogens (tertiary/aromatic N) is 1. The van der Waals surface area contributed by atoms with E-state index >= 15 is 0 Å². The summed E-state index contributed by atoms with van der Waals surface area (Å²) in [6.07, 6.45) is -3.45. The number of para-hydroxylation sites is 1. The number of carbonyl (C=O) groups is 2. The number of nitrogens with one attached hydrogen (secondary N) is 2. The molecule has 1 heterocycles. The summed E-state index contributed by atoms with van der Waals surface area (Å²) in [7, 11) is 0. The summed E-state index contributed by atoms with van der Waals surface area (Å²) in [5.74, 6) is -1.36. The van der Waals surface area contributed by atoms with Crippen LogP contribution in [0.4, 0.5) is 24.5 Å². The Balaban J connectivity index is 1.65. The van der Waals surface area contributed by atoms with E-state index in [1.54, 1.807) is 6.07 Å². The number of hydrogen-bond donors (Lipinski definition) is 4. The monoisotopic (exact) mass is 422 g/mol. The van der Waals surface area contributed by atoms with E-state index in [0.717, 1.165) is 6.07 Å². The number of primary amides is 1. The second kappa shape index (κ2) is 8.31. The lowest BCUT2D eigenvalue weighted by atomic mass is 9.84. The van der Waals surface area contributed by atoms with Crippen LogP contribution in [0.2, 0.25) is 0 Å². The molecule has 160 valence electrons. The van der Waals surface area contributed by atoms with Gasteiger partial charge in [0.15, 0.2) is 0 Å². The van der Waals surface area contributed by atoms with E-state index in [4.69, 9.17) is 5.73 Å². The van der Waals surface area contributed by atoms with Crippen molar-refractivity contribution in [2.75, 3.05) is 5.32 Å². The highest BCUT2D eigenvalue weighted by atomic mass is 19.4. The summed E-state index contributed by atoms with van der Waals surface area (Å²) < 4.78 is 39.3. The van der Waals surface area contributed by atoms with Crippen molar-refractivity contribution in [2.24, 2.45) is 11.1 Å². The molecular formula is C20H21F3N4O3. The van der Waals surface area contributed by atoms with Gasteiger partial charge in [-0.3, -0.25) is 14.6 Å². The fraction of sp³-hybridized carbons (Fsp3) is 0.350. The van der Waals surface area contributed by atoms with Crippen molar-refractivity contribution >= 4 is 23.2 Å². The number of aliphatic hydroxyl groups is 1. The number of benzene rings is 1. The van der Waals surface area contributed by atoms with Gasteiger partial charge in [0.05, 0.1) is 41.5 Å². The predicted octanol–water partition coefficient (Wildman–Crippen LogP) is 2.48. The Morgan fingerprint density at radius 2 is 1.97 bits per heavy atom. The number of rotatable bonds is 6. The van der Waals surface area contributed by atoms with E-state index in [1.165, 1.54) is 30.5 Å². The molecule has 1 saturated carbocycles. The second-order valence-electron chi connectivity index (χ2n) is 7.23. The van der Waals surface area contributed by atoms with Gasteiger partial charge in [-0.25, -0.2) is 0 Å². The Morgan fingerprint density at radius 1 is 1.23 bits per heavy atom. The summed E-state index contributed by atoms with van der Waals surface area (Å²) in [6.45, 7) is 0.00335. The SMILES string of the molecule is NC(=O)C1(C(=O)NCc2ccc(Nc3ccccc3C(F)(F)F)cn2)CCC(O)C1. The average molecular weight is 422 g/mol. The van der Waals surface area contributed by atoms with E-state index in [9.17, 15) is 27.9 Å². The number of halogens is 3.